The smallest absolute Gasteiger partial charge is 0.407 e. The summed E-state index contributed by atoms with van der Waals surface area (Å²) in [6.07, 6.45) is -0.338. The Morgan fingerprint density at radius 3 is 2.23 bits per heavy atom. The fourth-order valence-corrected chi connectivity index (χ4v) is 4.07. The van der Waals surface area contributed by atoms with E-state index < -0.39 is 18.1 Å². The molecule has 1 unspecified atom stereocenters. The van der Waals surface area contributed by atoms with E-state index in [0.29, 0.717) is 13.0 Å². The zero-order chi connectivity index (χ0) is 25.2. The summed E-state index contributed by atoms with van der Waals surface area (Å²) in [4.78, 5) is 37.8. The van der Waals surface area contributed by atoms with Crippen molar-refractivity contribution in [3.8, 4) is 11.1 Å². The van der Waals surface area contributed by atoms with Gasteiger partial charge in [0.15, 0.2) is 0 Å². The summed E-state index contributed by atoms with van der Waals surface area (Å²) in [6, 6.07) is 15.4. The summed E-state index contributed by atoms with van der Waals surface area (Å²) >= 11 is 0. The molecule has 0 aromatic heterocycles. The highest BCUT2D eigenvalue weighted by Crippen LogP contribution is 2.44. The lowest BCUT2D eigenvalue weighted by Gasteiger charge is -2.21. The fourth-order valence-electron chi connectivity index (χ4n) is 4.07. The van der Waals surface area contributed by atoms with Crippen molar-refractivity contribution in [2.45, 2.75) is 24.8 Å². The Hall–Kier alpha value is -3.43. The predicted octanol–water partition coefficient (Wildman–Crippen LogP) is 2.45. The lowest BCUT2D eigenvalue weighted by atomic mass is 9.98. The number of aliphatic carboxylic acids is 1. The van der Waals surface area contributed by atoms with Crippen LogP contribution in [-0.4, -0.2) is 81.0 Å². The molecule has 35 heavy (non-hydrogen) atoms. The SMILES string of the molecule is CN(C)CCC(NC(=O)OCC1c2ccccc2-c2ccccc21)C(=O)NCCOCCC(=O)O. The number of carboxylic acid groups (broad SMARTS) is 1. The summed E-state index contributed by atoms with van der Waals surface area (Å²) in [5, 5.41) is 14.0. The van der Waals surface area contributed by atoms with Crippen LogP contribution in [0.25, 0.3) is 11.1 Å². The topological polar surface area (TPSA) is 117 Å². The van der Waals surface area contributed by atoms with E-state index in [9.17, 15) is 14.4 Å². The minimum absolute atomic E-state index is 0.0647. The Balaban J connectivity index is 1.54. The normalized spacial score (nSPS) is 13.1. The van der Waals surface area contributed by atoms with Gasteiger partial charge in [0.25, 0.3) is 0 Å². The number of rotatable bonds is 13. The van der Waals surface area contributed by atoms with Gasteiger partial charge in [0, 0.05) is 12.5 Å². The minimum atomic E-state index is -0.940. The van der Waals surface area contributed by atoms with Crippen LogP contribution in [0.4, 0.5) is 4.79 Å². The van der Waals surface area contributed by atoms with Crippen molar-refractivity contribution in [2.24, 2.45) is 0 Å². The molecule has 0 saturated heterocycles. The molecule has 2 aromatic rings. The van der Waals surface area contributed by atoms with Crippen LogP contribution in [-0.2, 0) is 19.1 Å². The monoisotopic (exact) mass is 483 g/mol. The molecule has 2 amide bonds. The van der Waals surface area contributed by atoms with Crippen molar-refractivity contribution in [1.82, 2.24) is 15.5 Å². The molecular weight excluding hydrogens is 450 g/mol. The third-order valence-corrected chi connectivity index (χ3v) is 5.82. The molecule has 0 spiro atoms. The highest BCUT2D eigenvalue weighted by Gasteiger charge is 2.29. The van der Waals surface area contributed by atoms with Gasteiger partial charge in [-0.1, -0.05) is 48.5 Å². The van der Waals surface area contributed by atoms with E-state index in [0.717, 1.165) is 22.3 Å². The van der Waals surface area contributed by atoms with E-state index in [1.165, 1.54) is 0 Å². The summed E-state index contributed by atoms with van der Waals surface area (Å²) in [5.41, 5.74) is 4.52. The summed E-state index contributed by atoms with van der Waals surface area (Å²) < 4.78 is 10.8. The van der Waals surface area contributed by atoms with E-state index in [2.05, 4.69) is 22.8 Å². The first-order valence-electron chi connectivity index (χ1n) is 11.7. The maximum absolute atomic E-state index is 12.7. The van der Waals surface area contributed by atoms with Crippen LogP contribution in [0.3, 0.4) is 0 Å². The van der Waals surface area contributed by atoms with Gasteiger partial charge in [-0.05, 0) is 49.3 Å². The van der Waals surface area contributed by atoms with Gasteiger partial charge in [-0.3, -0.25) is 9.59 Å². The number of carboxylic acids is 1. The highest BCUT2D eigenvalue weighted by molar-refractivity contribution is 5.85. The number of hydrogen-bond donors (Lipinski definition) is 3. The Bertz CT molecular complexity index is 980. The molecule has 9 nitrogen and oxygen atoms in total. The van der Waals surface area contributed by atoms with Gasteiger partial charge in [-0.2, -0.15) is 0 Å². The number of fused-ring (bicyclic) bond motifs is 3. The standard InChI is InChI=1S/C26H33N3O6/c1-29(2)14-11-23(25(32)27-13-16-34-15-12-24(30)31)28-26(33)35-17-22-20-9-5-3-7-18(20)19-8-4-6-10-21(19)22/h3-10,22-23H,11-17H2,1-2H3,(H,27,32)(H,28,33)(H,30,31). The molecule has 0 fully saturated rings. The average molecular weight is 484 g/mol. The Morgan fingerprint density at radius 2 is 1.63 bits per heavy atom. The zero-order valence-corrected chi connectivity index (χ0v) is 20.2. The van der Waals surface area contributed by atoms with Gasteiger partial charge in [0.2, 0.25) is 5.91 Å². The van der Waals surface area contributed by atoms with Crippen molar-refractivity contribution in [3.63, 3.8) is 0 Å². The second kappa shape index (κ2) is 12.9. The molecule has 1 aliphatic carbocycles. The van der Waals surface area contributed by atoms with Crippen LogP contribution in [0.1, 0.15) is 29.9 Å². The second-order valence-corrected chi connectivity index (χ2v) is 8.66. The van der Waals surface area contributed by atoms with E-state index in [4.69, 9.17) is 14.6 Å². The lowest BCUT2D eigenvalue weighted by Crippen LogP contribution is -2.48. The summed E-state index contributed by atoms with van der Waals surface area (Å²) in [6.45, 7) is 1.23. The van der Waals surface area contributed by atoms with Gasteiger partial charge < -0.3 is 30.1 Å². The van der Waals surface area contributed by atoms with E-state index in [1.807, 2.05) is 55.4 Å². The van der Waals surface area contributed by atoms with Gasteiger partial charge in [-0.15, -0.1) is 0 Å². The van der Waals surface area contributed by atoms with E-state index in [1.54, 1.807) is 0 Å². The van der Waals surface area contributed by atoms with Crippen molar-refractivity contribution in [3.05, 3.63) is 59.7 Å². The third kappa shape index (κ3) is 7.53. The quantitative estimate of drug-likeness (QED) is 0.375. The first-order chi connectivity index (χ1) is 16.9. The highest BCUT2D eigenvalue weighted by atomic mass is 16.5. The number of benzene rings is 2. The fraction of sp³-hybridized carbons (Fsp3) is 0.423. The first-order valence-corrected chi connectivity index (χ1v) is 11.7. The molecule has 1 atom stereocenters. The van der Waals surface area contributed by atoms with Gasteiger partial charge >= 0.3 is 12.1 Å². The molecule has 0 saturated carbocycles. The predicted molar refractivity (Wildman–Crippen MR) is 131 cm³/mol. The molecule has 3 N–H and O–H groups in total. The maximum atomic E-state index is 12.7. The van der Waals surface area contributed by atoms with Gasteiger partial charge in [0.05, 0.1) is 19.6 Å². The average Bonchev–Trinajstić information content (AvgIpc) is 3.16. The first kappa shape index (κ1) is 26.2. The lowest BCUT2D eigenvalue weighted by molar-refractivity contribution is -0.138. The maximum Gasteiger partial charge on any atom is 0.407 e. The van der Waals surface area contributed by atoms with Crippen LogP contribution in [0, 0.1) is 0 Å². The molecule has 1 aliphatic rings. The molecular formula is C26H33N3O6. The molecule has 0 heterocycles. The van der Waals surface area contributed by atoms with E-state index >= 15 is 0 Å². The van der Waals surface area contributed by atoms with E-state index in [-0.39, 0.29) is 44.6 Å². The number of amides is 2. The van der Waals surface area contributed by atoms with Crippen LogP contribution < -0.4 is 10.6 Å². The molecule has 9 heteroatoms. The van der Waals surface area contributed by atoms with Gasteiger partial charge in [-0.25, -0.2) is 4.79 Å². The summed E-state index contributed by atoms with van der Waals surface area (Å²) in [5.74, 6) is -1.35. The van der Waals surface area contributed by atoms with Crippen molar-refractivity contribution >= 4 is 18.0 Å². The number of alkyl carbamates (subject to hydrolysis) is 1. The van der Waals surface area contributed by atoms with Crippen LogP contribution in [0.5, 0.6) is 0 Å². The van der Waals surface area contributed by atoms with Crippen LogP contribution in [0.2, 0.25) is 0 Å². The number of ether oxygens (including phenoxy) is 2. The molecule has 0 aliphatic heterocycles. The number of nitrogens with one attached hydrogen (secondary N) is 2. The van der Waals surface area contributed by atoms with Crippen molar-refractivity contribution < 1.29 is 29.0 Å². The number of hydrogen-bond acceptors (Lipinski definition) is 6. The second-order valence-electron chi connectivity index (χ2n) is 8.66. The van der Waals surface area contributed by atoms with Crippen LogP contribution >= 0.6 is 0 Å². The molecule has 0 radical (unpaired) electrons. The number of carbonyl (C=O) groups is 3. The minimum Gasteiger partial charge on any atom is -0.481 e. The van der Waals surface area contributed by atoms with Crippen molar-refractivity contribution in [1.29, 1.82) is 0 Å². The Kier molecular flexibility index (Phi) is 9.63. The number of carbonyl (C=O) groups excluding carboxylic acids is 2. The summed E-state index contributed by atoms with van der Waals surface area (Å²) in [7, 11) is 3.77. The molecule has 188 valence electrons. The largest absolute Gasteiger partial charge is 0.481 e. The molecule has 2 aromatic carbocycles. The van der Waals surface area contributed by atoms with Gasteiger partial charge in [0.1, 0.15) is 12.6 Å². The molecule has 3 rings (SSSR count). The Labute approximate surface area is 205 Å². The molecule has 0 bridgehead atoms. The number of nitrogens with zero attached hydrogens (tertiary/aromatic N) is 1. The van der Waals surface area contributed by atoms with Crippen LogP contribution in [0.15, 0.2) is 48.5 Å². The zero-order valence-electron chi connectivity index (χ0n) is 20.2. The van der Waals surface area contributed by atoms with Crippen molar-refractivity contribution in [2.75, 3.05) is 47.0 Å². The third-order valence-electron chi connectivity index (χ3n) is 5.82. The Morgan fingerprint density at radius 1 is 1.00 bits per heavy atom.